The molecule has 5 nitrogen and oxygen atoms in total. The molecule has 0 amide bonds. The van der Waals surface area contributed by atoms with Crippen LogP contribution in [-0.4, -0.2) is 17.3 Å². The van der Waals surface area contributed by atoms with Crippen molar-refractivity contribution in [1.29, 1.82) is 0 Å². The predicted octanol–water partition coefficient (Wildman–Crippen LogP) is 2.38. The molecule has 2 aromatic rings. The fourth-order valence-corrected chi connectivity index (χ4v) is 1.72. The molecule has 1 aromatic carbocycles. The van der Waals surface area contributed by atoms with Gasteiger partial charge < -0.3 is 14.6 Å². The summed E-state index contributed by atoms with van der Waals surface area (Å²) in [6.45, 7) is 4.19. The summed E-state index contributed by atoms with van der Waals surface area (Å²) in [6, 6.07) is 4.80. The molecule has 0 saturated carbocycles. The van der Waals surface area contributed by atoms with E-state index in [1.807, 2.05) is 6.92 Å². The Morgan fingerprint density at radius 3 is 2.89 bits per heavy atom. The first kappa shape index (κ1) is 13.5. The van der Waals surface area contributed by atoms with E-state index in [0.717, 1.165) is 5.56 Å². The number of ether oxygens (including phenoxy) is 1. The standard InChI is InChI=1S/C13H16FN3O2/c1-8(15-7-13-16-9(2)17-19-13)10-4-5-11(14)12(6-10)18-3/h4-6,8,15H,7H2,1-3H3. The molecule has 2 rings (SSSR count). The number of benzene rings is 1. The SMILES string of the molecule is COc1cc(C(C)NCc2nc(C)no2)ccc1F. The summed E-state index contributed by atoms with van der Waals surface area (Å²) < 4.78 is 23.3. The van der Waals surface area contributed by atoms with E-state index in [2.05, 4.69) is 15.5 Å². The highest BCUT2D eigenvalue weighted by molar-refractivity contribution is 5.31. The number of methoxy groups -OCH3 is 1. The van der Waals surface area contributed by atoms with E-state index in [9.17, 15) is 4.39 Å². The highest BCUT2D eigenvalue weighted by Gasteiger charge is 2.11. The van der Waals surface area contributed by atoms with Gasteiger partial charge in [-0.3, -0.25) is 0 Å². The van der Waals surface area contributed by atoms with Crippen LogP contribution in [0.1, 0.15) is 30.2 Å². The van der Waals surface area contributed by atoms with E-state index < -0.39 is 0 Å². The lowest BCUT2D eigenvalue weighted by Crippen LogP contribution is -2.18. The molecule has 1 unspecified atom stereocenters. The van der Waals surface area contributed by atoms with Crippen LogP contribution in [0.15, 0.2) is 22.7 Å². The van der Waals surface area contributed by atoms with Crippen molar-refractivity contribution in [2.24, 2.45) is 0 Å². The van der Waals surface area contributed by atoms with E-state index in [-0.39, 0.29) is 17.6 Å². The zero-order valence-corrected chi connectivity index (χ0v) is 11.1. The maximum absolute atomic E-state index is 13.3. The zero-order chi connectivity index (χ0) is 13.8. The Bertz CT molecular complexity index is 557. The van der Waals surface area contributed by atoms with Crippen LogP contribution in [0.5, 0.6) is 5.75 Å². The van der Waals surface area contributed by atoms with Crippen LogP contribution in [0.25, 0.3) is 0 Å². The smallest absolute Gasteiger partial charge is 0.240 e. The van der Waals surface area contributed by atoms with Gasteiger partial charge in [0, 0.05) is 6.04 Å². The molecule has 0 fully saturated rings. The van der Waals surface area contributed by atoms with Crippen LogP contribution < -0.4 is 10.1 Å². The van der Waals surface area contributed by atoms with Crippen LogP contribution >= 0.6 is 0 Å². The van der Waals surface area contributed by atoms with Gasteiger partial charge in [0.05, 0.1) is 13.7 Å². The summed E-state index contributed by atoms with van der Waals surface area (Å²) in [5, 5.41) is 6.94. The third-order valence-electron chi connectivity index (χ3n) is 2.80. The number of aromatic nitrogens is 2. The molecule has 1 aromatic heterocycles. The maximum Gasteiger partial charge on any atom is 0.240 e. The Hall–Kier alpha value is -1.95. The molecule has 6 heteroatoms. The van der Waals surface area contributed by atoms with Crippen LogP contribution in [0, 0.1) is 12.7 Å². The summed E-state index contributed by atoms with van der Waals surface area (Å²) >= 11 is 0. The summed E-state index contributed by atoms with van der Waals surface area (Å²) in [6.07, 6.45) is 0. The van der Waals surface area contributed by atoms with E-state index >= 15 is 0 Å². The Kier molecular flexibility index (Phi) is 4.11. The summed E-state index contributed by atoms with van der Waals surface area (Å²) in [5.74, 6) is 0.997. The first-order valence-electron chi connectivity index (χ1n) is 5.96. The number of halogens is 1. The highest BCUT2D eigenvalue weighted by atomic mass is 19.1. The monoisotopic (exact) mass is 265 g/mol. The minimum Gasteiger partial charge on any atom is -0.494 e. The van der Waals surface area contributed by atoms with Gasteiger partial charge in [-0.1, -0.05) is 11.2 Å². The van der Waals surface area contributed by atoms with Gasteiger partial charge in [-0.2, -0.15) is 4.98 Å². The minimum atomic E-state index is -0.369. The van der Waals surface area contributed by atoms with Crippen molar-refractivity contribution in [3.8, 4) is 5.75 Å². The molecule has 0 saturated heterocycles. The van der Waals surface area contributed by atoms with Gasteiger partial charge >= 0.3 is 0 Å². The van der Waals surface area contributed by atoms with Crippen molar-refractivity contribution in [1.82, 2.24) is 15.5 Å². The van der Waals surface area contributed by atoms with Crippen molar-refractivity contribution in [3.63, 3.8) is 0 Å². The largest absolute Gasteiger partial charge is 0.494 e. The quantitative estimate of drug-likeness (QED) is 0.899. The van der Waals surface area contributed by atoms with E-state index in [1.54, 1.807) is 19.1 Å². The lowest BCUT2D eigenvalue weighted by Gasteiger charge is -2.14. The molecule has 1 N–H and O–H groups in total. The molecule has 19 heavy (non-hydrogen) atoms. The van der Waals surface area contributed by atoms with Crippen LogP contribution in [0.2, 0.25) is 0 Å². The van der Waals surface area contributed by atoms with E-state index in [0.29, 0.717) is 18.3 Å². The molecule has 0 bridgehead atoms. The molecule has 0 aliphatic carbocycles. The molecule has 0 aliphatic heterocycles. The van der Waals surface area contributed by atoms with Crippen LogP contribution in [-0.2, 0) is 6.54 Å². The third kappa shape index (κ3) is 3.29. The Balaban J connectivity index is 2.01. The Labute approximate surface area is 110 Å². The minimum absolute atomic E-state index is 0.0155. The molecule has 0 spiro atoms. The summed E-state index contributed by atoms with van der Waals surface area (Å²) in [7, 11) is 1.45. The number of hydrogen-bond donors (Lipinski definition) is 1. The maximum atomic E-state index is 13.3. The van der Waals surface area contributed by atoms with Crippen molar-refractivity contribution in [2.45, 2.75) is 26.4 Å². The first-order chi connectivity index (χ1) is 9.10. The normalized spacial score (nSPS) is 12.4. The third-order valence-corrected chi connectivity index (χ3v) is 2.80. The van der Waals surface area contributed by atoms with Crippen molar-refractivity contribution >= 4 is 0 Å². The second-order valence-corrected chi connectivity index (χ2v) is 4.23. The topological polar surface area (TPSA) is 60.2 Å². The second kappa shape index (κ2) is 5.79. The van der Waals surface area contributed by atoms with Gasteiger partial charge in [-0.15, -0.1) is 0 Å². The summed E-state index contributed by atoms with van der Waals surface area (Å²) in [4.78, 5) is 4.10. The summed E-state index contributed by atoms with van der Waals surface area (Å²) in [5.41, 5.74) is 0.925. The first-order valence-corrected chi connectivity index (χ1v) is 5.96. The Morgan fingerprint density at radius 2 is 2.26 bits per heavy atom. The number of aryl methyl sites for hydroxylation is 1. The fraction of sp³-hybridized carbons (Fsp3) is 0.385. The average Bonchev–Trinajstić information content (AvgIpc) is 2.82. The number of rotatable bonds is 5. The molecule has 0 radical (unpaired) electrons. The second-order valence-electron chi connectivity index (χ2n) is 4.23. The van der Waals surface area contributed by atoms with Gasteiger partial charge in [-0.05, 0) is 31.5 Å². The predicted molar refractivity (Wildman–Crippen MR) is 67.2 cm³/mol. The van der Waals surface area contributed by atoms with Crippen molar-refractivity contribution < 1.29 is 13.7 Å². The van der Waals surface area contributed by atoms with E-state index in [1.165, 1.54) is 13.2 Å². The van der Waals surface area contributed by atoms with Crippen molar-refractivity contribution in [2.75, 3.05) is 7.11 Å². The van der Waals surface area contributed by atoms with Crippen molar-refractivity contribution in [3.05, 3.63) is 41.3 Å². The molecule has 0 aliphatic rings. The zero-order valence-electron chi connectivity index (χ0n) is 11.1. The van der Waals surface area contributed by atoms with Gasteiger partial charge in [0.25, 0.3) is 0 Å². The number of hydrogen-bond acceptors (Lipinski definition) is 5. The number of nitrogens with zero attached hydrogens (tertiary/aromatic N) is 2. The molecule has 1 heterocycles. The lowest BCUT2D eigenvalue weighted by atomic mass is 10.1. The van der Waals surface area contributed by atoms with Gasteiger partial charge in [0.2, 0.25) is 5.89 Å². The molecule has 1 atom stereocenters. The van der Waals surface area contributed by atoms with Gasteiger partial charge in [-0.25, -0.2) is 4.39 Å². The lowest BCUT2D eigenvalue weighted by molar-refractivity contribution is 0.356. The van der Waals surface area contributed by atoms with Crippen LogP contribution in [0.3, 0.4) is 0 Å². The molecular formula is C13H16FN3O2. The number of nitrogens with one attached hydrogen (secondary N) is 1. The van der Waals surface area contributed by atoms with Gasteiger partial charge in [0.15, 0.2) is 17.4 Å². The fourth-order valence-electron chi connectivity index (χ4n) is 1.72. The van der Waals surface area contributed by atoms with Crippen LogP contribution in [0.4, 0.5) is 4.39 Å². The average molecular weight is 265 g/mol. The highest BCUT2D eigenvalue weighted by Crippen LogP contribution is 2.22. The molecule has 102 valence electrons. The van der Waals surface area contributed by atoms with E-state index in [4.69, 9.17) is 9.26 Å². The van der Waals surface area contributed by atoms with Gasteiger partial charge in [0.1, 0.15) is 0 Å². The Morgan fingerprint density at radius 1 is 1.47 bits per heavy atom. The molecular weight excluding hydrogens is 249 g/mol.